The lowest BCUT2D eigenvalue weighted by atomic mass is 10.0. The van der Waals surface area contributed by atoms with Gasteiger partial charge in [-0.05, 0) is 31.5 Å². The van der Waals surface area contributed by atoms with E-state index in [1.807, 2.05) is 13.8 Å². The van der Waals surface area contributed by atoms with Gasteiger partial charge in [0.25, 0.3) is 5.88 Å². The van der Waals surface area contributed by atoms with E-state index in [0.717, 1.165) is 22.0 Å². The third-order valence-electron chi connectivity index (χ3n) is 4.82. The summed E-state index contributed by atoms with van der Waals surface area (Å²) in [4.78, 5) is 18.2. The fourth-order valence-electron chi connectivity index (χ4n) is 3.44. The fourth-order valence-corrected chi connectivity index (χ4v) is 4.22. The Balaban J connectivity index is 2.01. The van der Waals surface area contributed by atoms with Gasteiger partial charge in [-0.1, -0.05) is 12.1 Å². The number of fused-ring (bicyclic) bond motifs is 1. The molecule has 4 rings (SSSR count). The molecule has 3 aromatic heterocycles. The molecule has 0 saturated carbocycles. The number of nitrogens with zero attached hydrogens (tertiary/aromatic N) is 4. The molecule has 0 fully saturated rings. The van der Waals surface area contributed by atoms with Crippen molar-refractivity contribution in [2.75, 3.05) is 0 Å². The molecular weight excluding hydrogens is 417 g/mol. The summed E-state index contributed by atoms with van der Waals surface area (Å²) >= 11 is 1.44. The Morgan fingerprint density at radius 1 is 1.30 bits per heavy atom. The quantitative estimate of drug-likeness (QED) is 0.498. The molecule has 1 aromatic carbocycles. The highest BCUT2D eigenvalue weighted by Gasteiger charge is 2.32. The van der Waals surface area contributed by atoms with Crippen LogP contribution in [0.25, 0.3) is 16.9 Å². The zero-order valence-electron chi connectivity index (χ0n) is 16.1. The van der Waals surface area contributed by atoms with Gasteiger partial charge in [-0.15, -0.1) is 11.3 Å². The van der Waals surface area contributed by atoms with Gasteiger partial charge in [0, 0.05) is 6.20 Å². The van der Waals surface area contributed by atoms with Crippen LogP contribution in [0.3, 0.4) is 0 Å². The zero-order chi connectivity index (χ0) is 21.6. The normalized spacial score (nSPS) is 12.0. The maximum absolute atomic E-state index is 13.2. The van der Waals surface area contributed by atoms with Crippen LogP contribution in [0.1, 0.15) is 22.4 Å². The summed E-state index contributed by atoms with van der Waals surface area (Å²) in [6.07, 6.45) is 0.359. The molecule has 6 nitrogen and oxygen atoms in total. The van der Waals surface area contributed by atoms with Crippen molar-refractivity contribution in [3.8, 4) is 17.0 Å². The van der Waals surface area contributed by atoms with Crippen LogP contribution in [-0.4, -0.2) is 19.1 Å². The number of hydrogen-bond donors (Lipinski definition) is 1. The lowest BCUT2D eigenvalue weighted by Gasteiger charge is -2.12. The van der Waals surface area contributed by atoms with E-state index in [4.69, 9.17) is 0 Å². The van der Waals surface area contributed by atoms with E-state index in [1.54, 1.807) is 23.2 Å². The van der Waals surface area contributed by atoms with Gasteiger partial charge < -0.3 is 5.11 Å². The van der Waals surface area contributed by atoms with Crippen LogP contribution in [0, 0.1) is 6.92 Å². The number of alkyl halides is 3. The maximum Gasteiger partial charge on any atom is 0.416 e. The minimum absolute atomic E-state index is 0.000193. The van der Waals surface area contributed by atoms with Crippen molar-refractivity contribution in [3.05, 3.63) is 68.7 Å². The van der Waals surface area contributed by atoms with E-state index < -0.39 is 23.2 Å². The first-order valence-corrected chi connectivity index (χ1v) is 9.97. The molecule has 10 heteroatoms. The molecule has 156 valence electrons. The lowest BCUT2D eigenvalue weighted by Crippen LogP contribution is -2.36. The van der Waals surface area contributed by atoms with Gasteiger partial charge in [0.2, 0.25) is 0 Å². The molecule has 0 saturated heterocycles. The van der Waals surface area contributed by atoms with Crippen molar-refractivity contribution < 1.29 is 22.8 Å². The number of thiazole rings is 1. The van der Waals surface area contributed by atoms with E-state index in [1.165, 1.54) is 32.4 Å². The molecule has 0 aliphatic heterocycles. The summed E-state index contributed by atoms with van der Waals surface area (Å²) in [5.41, 5.74) is -1.67. The minimum Gasteiger partial charge on any atom is -0.483 e. The van der Waals surface area contributed by atoms with E-state index in [9.17, 15) is 23.1 Å². The second-order valence-corrected chi connectivity index (χ2v) is 8.09. The molecule has 0 spiro atoms. The fraction of sp³-hybridized carbons (Fsp3) is 0.250. The first-order valence-electron chi connectivity index (χ1n) is 9.16. The topological polar surface area (TPSA) is 63.4 Å². The Morgan fingerprint density at radius 3 is 2.70 bits per heavy atom. The van der Waals surface area contributed by atoms with Crippen LogP contribution in [0.4, 0.5) is 13.2 Å². The summed E-state index contributed by atoms with van der Waals surface area (Å²) in [7, 11) is 0. The van der Waals surface area contributed by atoms with Gasteiger partial charge in [-0.2, -0.15) is 22.1 Å². The van der Waals surface area contributed by atoms with Crippen molar-refractivity contribution in [3.63, 3.8) is 0 Å². The maximum atomic E-state index is 13.2. The molecule has 0 amide bonds. The molecule has 0 aliphatic rings. The highest BCUT2D eigenvalue weighted by Crippen LogP contribution is 2.34. The first-order chi connectivity index (χ1) is 14.2. The highest BCUT2D eigenvalue weighted by molar-refractivity contribution is 7.11. The predicted octanol–water partition coefficient (Wildman–Crippen LogP) is 3.61. The summed E-state index contributed by atoms with van der Waals surface area (Å²) in [6.45, 7) is 4.51. The van der Waals surface area contributed by atoms with Crippen LogP contribution in [0.2, 0.25) is 0 Å². The number of imidazole rings is 1. The van der Waals surface area contributed by atoms with Crippen molar-refractivity contribution >= 4 is 17.1 Å². The standard InChI is InChI=1S/C20H17F3N4O2S/c1-3-25-7-8-26-17(28)16(13-5-4-6-14(9-13)20(21,22)23)18(29)27(19(25)26)11-15-10-24-12(2)30-15/h4-10H,3,11H2,1-2H3/p+1. The summed E-state index contributed by atoms with van der Waals surface area (Å²) < 4.78 is 44.2. The zero-order valence-corrected chi connectivity index (χ0v) is 17.0. The molecule has 4 aromatic rings. The molecule has 3 heterocycles. The number of aromatic nitrogens is 4. The van der Waals surface area contributed by atoms with E-state index in [-0.39, 0.29) is 17.7 Å². The second-order valence-electron chi connectivity index (χ2n) is 6.77. The third-order valence-corrected chi connectivity index (χ3v) is 5.72. The molecule has 0 bridgehead atoms. The SMILES string of the molecule is CC[n+]1ccn2c(=O)c(-c3cccc(C(F)(F)F)c3)c(O)n(Cc3cnc(C)s3)c21. The van der Waals surface area contributed by atoms with Crippen molar-refractivity contribution in [1.82, 2.24) is 14.0 Å². The molecule has 1 N–H and O–H groups in total. The van der Waals surface area contributed by atoms with Gasteiger partial charge in [0.05, 0.1) is 28.2 Å². The number of aromatic hydroxyl groups is 1. The number of halogens is 3. The van der Waals surface area contributed by atoms with Gasteiger partial charge in [0.1, 0.15) is 18.3 Å². The average molecular weight is 435 g/mol. The van der Waals surface area contributed by atoms with E-state index >= 15 is 0 Å². The Hall–Kier alpha value is -3.14. The van der Waals surface area contributed by atoms with Crippen molar-refractivity contribution in [1.29, 1.82) is 0 Å². The molecule has 0 atom stereocenters. The number of rotatable bonds is 4. The summed E-state index contributed by atoms with van der Waals surface area (Å²) in [5, 5.41) is 11.9. The Kier molecular flexibility index (Phi) is 4.89. The number of benzene rings is 1. The Labute approximate surface area is 173 Å². The lowest BCUT2D eigenvalue weighted by molar-refractivity contribution is -0.670. The van der Waals surface area contributed by atoms with Crippen molar-refractivity contribution in [2.24, 2.45) is 0 Å². The molecule has 0 unspecified atom stereocenters. The minimum atomic E-state index is -4.56. The molecule has 0 aliphatic carbocycles. The van der Waals surface area contributed by atoms with Gasteiger partial charge >= 0.3 is 17.5 Å². The van der Waals surface area contributed by atoms with Gasteiger partial charge in [0.15, 0.2) is 0 Å². The molecule has 30 heavy (non-hydrogen) atoms. The van der Waals surface area contributed by atoms with Gasteiger partial charge in [-0.3, -0.25) is 0 Å². The van der Waals surface area contributed by atoms with Crippen LogP contribution in [0.15, 0.2) is 47.7 Å². The Morgan fingerprint density at radius 2 is 2.07 bits per heavy atom. The predicted molar refractivity (Wildman–Crippen MR) is 106 cm³/mol. The third kappa shape index (κ3) is 3.36. The largest absolute Gasteiger partial charge is 0.483 e. The highest BCUT2D eigenvalue weighted by atomic mass is 32.1. The van der Waals surface area contributed by atoms with E-state index in [0.29, 0.717) is 12.3 Å². The number of aryl methyl sites for hydroxylation is 2. The van der Waals surface area contributed by atoms with Gasteiger partial charge in [-0.25, -0.2) is 14.3 Å². The molecular formula is C20H18F3N4O2S+. The first kappa shape index (κ1) is 20.1. The summed E-state index contributed by atoms with van der Waals surface area (Å²) in [5.74, 6) is 0.0422. The average Bonchev–Trinajstić information content (AvgIpc) is 3.31. The van der Waals surface area contributed by atoms with Crippen LogP contribution < -0.4 is 10.1 Å². The van der Waals surface area contributed by atoms with Crippen LogP contribution in [0.5, 0.6) is 5.88 Å². The smallest absolute Gasteiger partial charge is 0.416 e. The van der Waals surface area contributed by atoms with E-state index in [2.05, 4.69) is 4.98 Å². The second kappa shape index (κ2) is 7.28. The summed E-state index contributed by atoms with van der Waals surface area (Å²) in [6, 6.07) is 4.41. The monoisotopic (exact) mass is 435 g/mol. The Bertz CT molecular complexity index is 1300. The molecule has 0 radical (unpaired) electrons. The van der Waals surface area contributed by atoms with Crippen LogP contribution in [-0.2, 0) is 19.3 Å². The van der Waals surface area contributed by atoms with Crippen molar-refractivity contribution in [2.45, 2.75) is 33.1 Å². The number of hydrogen-bond acceptors (Lipinski definition) is 4. The van der Waals surface area contributed by atoms with Crippen LogP contribution >= 0.6 is 11.3 Å².